The summed E-state index contributed by atoms with van der Waals surface area (Å²) in [7, 11) is 1.59. The van der Waals surface area contributed by atoms with Crippen molar-refractivity contribution in [2.45, 2.75) is 32.7 Å². The zero-order valence-corrected chi connectivity index (χ0v) is 14.1. The second kappa shape index (κ2) is 9.77. The molecule has 1 amide bonds. The van der Waals surface area contributed by atoms with Crippen LogP contribution in [0, 0.1) is 5.92 Å². The van der Waals surface area contributed by atoms with Crippen molar-refractivity contribution in [3.63, 3.8) is 0 Å². The summed E-state index contributed by atoms with van der Waals surface area (Å²) in [5.74, 6) is 0.325. The van der Waals surface area contributed by atoms with Crippen LogP contribution in [0.1, 0.15) is 43.9 Å². The van der Waals surface area contributed by atoms with Crippen molar-refractivity contribution in [1.82, 2.24) is 5.32 Å². The van der Waals surface area contributed by atoms with Crippen LogP contribution in [0.3, 0.4) is 0 Å². The van der Waals surface area contributed by atoms with E-state index in [4.69, 9.17) is 10.5 Å². The molecule has 0 aromatic heterocycles. The van der Waals surface area contributed by atoms with Crippen LogP contribution in [-0.2, 0) is 9.53 Å². The lowest BCUT2D eigenvalue weighted by molar-refractivity contribution is -0.126. The third-order valence-electron chi connectivity index (χ3n) is 3.39. The van der Waals surface area contributed by atoms with E-state index in [9.17, 15) is 4.79 Å². The summed E-state index contributed by atoms with van der Waals surface area (Å²) < 4.78 is 4.96. The molecule has 2 atom stereocenters. The minimum atomic E-state index is -0.185. The van der Waals surface area contributed by atoms with Crippen LogP contribution in [0.2, 0.25) is 0 Å². The lowest BCUT2D eigenvalue weighted by Crippen LogP contribution is -2.36. The van der Waals surface area contributed by atoms with Gasteiger partial charge in [-0.05, 0) is 17.0 Å². The van der Waals surface area contributed by atoms with E-state index < -0.39 is 0 Å². The number of nitrogens with one attached hydrogen (secondary N) is 1. The third-order valence-corrected chi connectivity index (χ3v) is 3.39. The standard InChI is InChI=1S/C16H26N2O2.ClH/c1-11(2)13-5-7-14(8-6-13)15(17)9-18-16(19)12(3)10-20-4;/h5-8,11-12,15H,9-10,17H2,1-4H3,(H,18,19);1H. The number of amides is 1. The van der Waals surface area contributed by atoms with Gasteiger partial charge in [-0.25, -0.2) is 0 Å². The van der Waals surface area contributed by atoms with E-state index in [-0.39, 0.29) is 30.3 Å². The minimum absolute atomic E-state index is 0. The summed E-state index contributed by atoms with van der Waals surface area (Å²) >= 11 is 0. The maximum Gasteiger partial charge on any atom is 0.225 e. The molecule has 0 saturated heterocycles. The van der Waals surface area contributed by atoms with E-state index in [1.54, 1.807) is 7.11 Å². The van der Waals surface area contributed by atoms with Crippen molar-refractivity contribution in [3.8, 4) is 0 Å². The molecule has 120 valence electrons. The van der Waals surface area contributed by atoms with E-state index in [1.807, 2.05) is 19.1 Å². The van der Waals surface area contributed by atoms with Crippen molar-refractivity contribution < 1.29 is 9.53 Å². The van der Waals surface area contributed by atoms with Crippen LogP contribution in [0.25, 0.3) is 0 Å². The first-order chi connectivity index (χ1) is 9.45. The Labute approximate surface area is 133 Å². The Morgan fingerprint density at radius 2 is 1.71 bits per heavy atom. The quantitative estimate of drug-likeness (QED) is 0.813. The van der Waals surface area contributed by atoms with Gasteiger partial charge in [0.1, 0.15) is 0 Å². The summed E-state index contributed by atoms with van der Waals surface area (Å²) in [6, 6.07) is 8.06. The van der Waals surface area contributed by atoms with E-state index in [1.165, 1.54) is 5.56 Å². The fraction of sp³-hybridized carbons (Fsp3) is 0.562. The maximum atomic E-state index is 11.8. The molecule has 0 aliphatic carbocycles. The van der Waals surface area contributed by atoms with Crippen LogP contribution in [0.5, 0.6) is 0 Å². The highest BCUT2D eigenvalue weighted by Crippen LogP contribution is 2.17. The van der Waals surface area contributed by atoms with Crippen molar-refractivity contribution in [1.29, 1.82) is 0 Å². The van der Waals surface area contributed by atoms with Gasteiger partial charge in [-0.2, -0.15) is 0 Å². The highest BCUT2D eigenvalue weighted by molar-refractivity contribution is 5.85. The summed E-state index contributed by atoms with van der Waals surface area (Å²) in [5.41, 5.74) is 8.42. The zero-order valence-electron chi connectivity index (χ0n) is 13.3. The molecule has 0 radical (unpaired) electrons. The van der Waals surface area contributed by atoms with Crippen LogP contribution < -0.4 is 11.1 Å². The molecule has 0 fully saturated rings. The highest BCUT2D eigenvalue weighted by atomic mass is 35.5. The lowest BCUT2D eigenvalue weighted by atomic mass is 9.99. The smallest absolute Gasteiger partial charge is 0.225 e. The van der Waals surface area contributed by atoms with Crippen LogP contribution in [-0.4, -0.2) is 26.2 Å². The van der Waals surface area contributed by atoms with Crippen molar-refractivity contribution in [2.24, 2.45) is 11.7 Å². The van der Waals surface area contributed by atoms with E-state index in [0.717, 1.165) is 5.56 Å². The molecule has 0 aliphatic heterocycles. The van der Waals surface area contributed by atoms with Crippen molar-refractivity contribution >= 4 is 18.3 Å². The summed E-state index contributed by atoms with van der Waals surface area (Å²) in [6.07, 6.45) is 0. The second-order valence-electron chi connectivity index (χ2n) is 5.53. The van der Waals surface area contributed by atoms with E-state index in [0.29, 0.717) is 19.1 Å². The van der Waals surface area contributed by atoms with Crippen LogP contribution in [0.15, 0.2) is 24.3 Å². The van der Waals surface area contributed by atoms with Crippen LogP contribution >= 0.6 is 12.4 Å². The minimum Gasteiger partial charge on any atom is -0.384 e. The Kier molecular flexibility index (Phi) is 9.26. The largest absolute Gasteiger partial charge is 0.384 e. The van der Waals surface area contributed by atoms with Gasteiger partial charge in [-0.3, -0.25) is 4.79 Å². The normalized spacial score (nSPS) is 13.4. The van der Waals surface area contributed by atoms with Gasteiger partial charge in [-0.1, -0.05) is 45.0 Å². The predicted octanol–water partition coefficient (Wildman–Crippen LogP) is 2.63. The topological polar surface area (TPSA) is 64.3 Å². The molecule has 1 aromatic carbocycles. The average Bonchev–Trinajstić information content (AvgIpc) is 2.44. The molecular formula is C16H27ClN2O2. The van der Waals surface area contributed by atoms with Gasteiger partial charge in [-0.15, -0.1) is 12.4 Å². The number of ether oxygens (including phenoxy) is 1. The molecule has 5 heteroatoms. The van der Waals surface area contributed by atoms with Gasteiger partial charge in [0.25, 0.3) is 0 Å². The molecule has 0 aliphatic rings. The Bertz CT molecular complexity index is 421. The molecule has 21 heavy (non-hydrogen) atoms. The molecule has 1 aromatic rings. The monoisotopic (exact) mass is 314 g/mol. The Hall–Kier alpha value is -1.10. The van der Waals surface area contributed by atoms with Gasteiger partial charge in [0, 0.05) is 19.7 Å². The molecule has 0 bridgehead atoms. The Morgan fingerprint density at radius 1 is 1.19 bits per heavy atom. The maximum absolute atomic E-state index is 11.8. The van der Waals surface area contributed by atoms with Gasteiger partial charge < -0.3 is 15.8 Å². The summed E-state index contributed by atoms with van der Waals surface area (Å²) in [6.45, 7) is 7.01. The molecule has 0 saturated carbocycles. The number of carbonyl (C=O) groups is 1. The first kappa shape index (κ1) is 19.9. The molecule has 0 spiro atoms. The molecule has 1 rings (SSSR count). The van der Waals surface area contributed by atoms with Gasteiger partial charge >= 0.3 is 0 Å². The molecular weight excluding hydrogens is 288 g/mol. The molecule has 4 nitrogen and oxygen atoms in total. The van der Waals surface area contributed by atoms with Gasteiger partial charge in [0.05, 0.1) is 12.5 Å². The number of benzene rings is 1. The number of hydrogen-bond acceptors (Lipinski definition) is 3. The summed E-state index contributed by atoms with van der Waals surface area (Å²) in [5, 5.41) is 2.86. The second-order valence-corrected chi connectivity index (χ2v) is 5.53. The van der Waals surface area contributed by atoms with Crippen molar-refractivity contribution in [3.05, 3.63) is 35.4 Å². The molecule has 0 heterocycles. The highest BCUT2D eigenvalue weighted by Gasteiger charge is 2.14. The van der Waals surface area contributed by atoms with E-state index >= 15 is 0 Å². The number of methoxy groups -OCH3 is 1. The SMILES string of the molecule is COCC(C)C(=O)NCC(N)c1ccc(C(C)C)cc1.Cl. The van der Waals surface area contributed by atoms with Crippen molar-refractivity contribution in [2.75, 3.05) is 20.3 Å². The number of rotatable bonds is 7. The fourth-order valence-corrected chi connectivity index (χ4v) is 1.96. The molecule has 3 N–H and O–H groups in total. The van der Waals surface area contributed by atoms with Crippen LogP contribution in [0.4, 0.5) is 0 Å². The molecule has 2 unspecified atom stereocenters. The number of halogens is 1. The average molecular weight is 315 g/mol. The Morgan fingerprint density at radius 3 is 2.19 bits per heavy atom. The Balaban J connectivity index is 0.00000400. The fourth-order valence-electron chi connectivity index (χ4n) is 1.96. The predicted molar refractivity (Wildman–Crippen MR) is 88.8 cm³/mol. The van der Waals surface area contributed by atoms with Gasteiger partial charge in [0.2, 0.25) is 5.91 Å². The van der Waals surface area contributed by atoms with E-state index in [2.05, 4.69) is 31.3 Å². The lowest BCUT2D eigenvalue weighted by Gasteiger charge is -2.16. The number of carbonyl (C=O) groups excluding carboxylic acids is 1. The number of nitrogens with two attached hydrogens (primary N) is 1. The van der Waals surface area contributed by atoms with Gasteiger partial charge in [0.15, 0.2) is 0 Å². The summed E-state index contributed by atoms with van der Waals surface area (Å²) in [4.78, 5) is 11.8. The third kappa shape index (κ3) is 6.46. The zero-order chi connectivity index (χ0) is 15.1. The first-order valence-corrected chi connectivity index (χ1v) is 7.07. The number of hydrogen-bond donors (Lipinski definition) is 2. The first-order valence-electron chi connectivity index (χ1n) is 7.07.